The van der Waals surface area contributed by atoms with Gasteiger partial charge in [0.15, 0.2) is 0 Å². The van der Waals surface area contributed by atoms with E-state index in [1.807, 2.05) is 19.1 Å². The second-order valence-electron chi connectivity index (χ2n) is 3.99. The van der Waals surface area contributed by atoms with E-state index < -0.39 is 0 Å². The number of anilines is 1. The van der Waals surface area contributed by atoms with E-state index in [2.05, 4.69) is 11.4 Å². The molecular weight excluding hydrogens is 196 g/mol. The Kier molecular flexibility index (Phi) is 2.66. The fourth-order valence-electron chi connectivity index (χ4n) is 1.76. The van der Waals surface area contributed by atoms with E-state index in [0.717, 1.165) is 29.1 Å². The predicted octanol–water partition coefficient (Wildman–Crippen LogP) is 2.55. The van der Waals surface area contributed by atoms with Gasteiger partial charge in [-0.1, -0.05) is 17.7 Å². The van der Waals surface area contributed by atoms with E-state index in [1.165, 1.54) is 0 Å². The minimum atomic E-state index is 0.381. The van der Waals surface area contributed by atoms with Crippen molar-refractivity contribution >= 4 is 17.3 Å². The average molecular weight is 211 g/mol. The second-order valence-corrected chi connectivity index (χ2v) is 4.39. The van der Waals surface area contributed by atoms with Crippen molar-refractivity contribution in [3.8, 4) is 0 Å². The van der Waals surface area contributed by atoms with Crippen LogP contribution >= 0.6 is 11.6 Å². The first-order chi connectivity index (χ1) is 6.66. The molecule has 1 aliphatic rings. The Hall–Kier alpha value is -0.730. The van der Waals surface area contributed by atoms with Crippen molar-refractivity contribution < 1.29 is 0 Å². The van der Waals surface area contributed by atoms with Crippen molar-refractivity contribution in [3.63, 3.8) is 0 Å². The van der Waals surface area contributed by atoms with Crippen LogP contribution in [0.2, 0.25) is 5.02 Å². The molecule has 3 N–H and O–H groups in total. The summed E-state index contributed by atoms with van der Waals surface area (Å²) in [6, 6.07) is 6.85. The van der Waals surface area contributed by atoms with E-state index in [1.54, 1.807) is 0 Å². The van der Waals surface area contributed by atoms with Gasteiger partial charge in [-0.15, -0.1) is 0 Å². The van der Waals surface area contributed by atoms with Crippen LogP contribution in [0.3, 0.4) is 0 Å². The lowest BCUT2D eigenvalue weighted by Gasteiger charge is -2.34. The largest absolute Gasteiger partial charge is 0.382 e. The summed E-state index contributed by atoms with van der Waals surface area (Å²) in [6.45, 7) is 2.03. The molecule has 0 unspecified atom stereocenters. The van der Waals surface area contributed by atoms with Gasteiger partial charge in [-0.25, -0.2) is 0 Å². The van der Waals surface area contributed by atoms with Crippen LogP contribution in [0.4, 0.5) is 5.69 Å². The fourth-order valence-corrected chi connectivity index (χ4v) is 1.94. The summed E-state index contributed by atoms with van der Waals surface area (Å²) < 4.78 is 0. The van der Waals surface area contributed by atoms with Crippen molar-refractivity contribution in [1.82, 2.24) is 0 Å². The van der Waals surface area contributed by atoms with Crippen molar-refractivity contribution in [2.75, 3.05) is 5.32 Å². The molecule has 14 heavy (non-hydrogen) atoms. The van der Waals surface area contributed by atoms with E-state index in [9.17, 15) is 0 Å². The monoisotopic (exact) mass is 210 g/mol. The van der Waals surface area contributed by atoms with Crippen LogP contribution in [0.1, 0.15) is 18.4 Å². The maximum absolute atomic E-state index is 6.02. The number of hydrogen-bond acceptors (Lipinski definition) is 2. The number of nitrogens with one attached hydrogen (secondary N) is 1. The topological polar surface area (TPSA) is 38.0 Å². The predicted molar refractivity (Wildman–Crippen MR) is 60.8 cm³/mol. The molecule has 0 aromatic heterocycles. The molecule has 1 aromatic rings. The van der Waals surface area contributed by atoms with Gasteiger partial charge in [-0.2, -0.15) is 0 Å². The minimum absolute atomic E-state index is 0.381. The number of halogens is 1. The Morgan fingerprint density at radius 2 is 2.14 bits per heavy atom. The molecule has 0 saturated heterocycles. The molecule has 2 nitrogen and oxygen atoms in total. The van der Waals surface area contributed by atoms with E-state index in [0.29, 0.717) is 12.1 Å². The molecule has 2 rings (SSSR count). The zero-order valence-electron chi connectivity index (χ0n) is 8.26. The second kappa shape index (κ2) is 3.79. The smallest absolute Gasteiger partial charge is 0.0455 e. The van der Waals surface area contributed by atoms with Crippen molar-refractivity contribution in [3.05, 3.63) is 28.8 Å². The highest BCUT2D eigenvalue weighted by Crippen LogP contribution is 2.27. The van der Waals surface area contributed by atoms with Gasteiger partial charge in [0, 0.05) is 22.8 Å². The first-order valence-electron chi connectivity index (χ1n) is 4.94. The molecule has 3 heteroatoms. The molecule has 1 fully saturated rings. The molecule has 0 radical (unpaired) electrons. The molecule has 0 spiro atoms. The average Bonchev–Trinajstić information content (AvgIpc) is 2.10. The number of rotatable bonds is 2. The zero-order valence-corrected chi connectivity index (χ0v) is 9.01. The Morgan fingerprint density at radius 1 is 1.43 bits per heavy atom. The lowest BCUT2D eigenvalue weighted by Crippen LogP contribution is -2.44. The van der Waals surface area contributed by atoms with Crippen LogP contribution < -0.4 is 11.1 Å². The Morgan fingerprint density at radius 3 is 2.79 bits per heavy atom. The van der Waals surface area contributed by atoms with Gasteiger partial charge in [0.2, 0.25) is 0 Å². The maximum Gasteiger partial charge on any atom is 0.0455 e. The summed E-state index contributed by atoms with van der Waals surface area (Å²) in [4.78, 5) is 0. The van der Waals surface area contributed by atoms with Crippen LogP contribution in [0.25, 0.3) is 0 Å². The van der Waals surface area contributed by atoms with Crippen LogP contribution in [0.5, 0.6) is 0 Å². The third kappa shape index (κ3) is 1.86. The lowest BCUT2D eigenvalue weighted by atomic mass is 9.87. The van der Waals surface area contributed by atoms with E-state index >= 15 is 0 Å². The molecule has 0 aliphatic heterocycles. The highest BCUT2D eigenvalue weighted by molar-refractivity contribution is 6.31. The molecule has 1 aromatic carbocycles. The van der Waals surface area contributed by atoms with Crippen LogP contribution in [-0.2, 0) is 0 Å². The van der Waals surface area contributed by atoms with Crippen LogP contribution in [0, 0.1) is 6.92 Å². The molecular formula is C11H15ClN2. The molecule has 0 atom stereocenters. The fraction of sp³-hybridized carbons (Fsp3) is 0.455. The third-order valence-electron chi connectivity index (χ3n) is 2.80. The van der Waals surface area contributed by atoms with Gasteiger partial charge in [0.25, 0.3) is 0 Å². The first-order valence-corrected chi connectivity index (χ1v) is 5.32. The molecule has 1 aliphatic carbocycles. The SMILES string of the molecule is Cc1c(Cl)cccc1NC1CC(N)C1. The van der Waals surface area contributed by atoms with Gasteiger partial charge >= 0.3 is 0 Å². The summed E-state index contributed by atoms with van der Waals surface area (Å²) in [7, 11) is 0. The lowest BCUT2D eigenvalue weighted by molar-refractivity contribution is 0.373. The van der Waals surface area contributed by atoms with Crippen molar-refractivity contribution in [1.29, 1.82) is 0 Å². The summed E-state index contributed by atoms with van der Waals surface area (Å²) in [6.07, 6.45) is 2.12. The highest BCUT2D eigenvalue weighted by Gasteiger charge is 2.25. The summed E-state index contributed by atoms with van der Waals surface area (Å²) in [5.74, 6) is 0. The Labute approximate surface area is 89.4 Å². The zero-order chi connectivity index (χ0) is 10.1. The molecule has 1 saturated carbocycles. The van der Waals surface area contributed by atoms with Crippen LogP contribution in [0.15, 0.2) is 18.2 Å². The van der Waals surface area contributed by atoms with Crippen molar-refractivity contribution in [2.45, 2.75) is 31.8 Å². The third-order valence-corrected chi connectivity index (χ3v) is 3.21. The first kappa shape index (κ1) is 9.81. The van der Waals surface area contributed by atoms with E-state index in [4.69, 9.17) is 17.3 Å². The van der Waals surface area contributed by atoms with Gasteiger partial charge in [-0.05, 0) is 37.5 Å². The quantitative estimate of drug-likeness (QED) is 0.788. The van der Waals surface area contributed by atoms with Gasteiger partial charge < -0.3 is 11.1 Å². The number of benzene rings is 1. The molecule has 0 bridgehead atoms. The number of nitrogens with two attached hydrogens (primary N) is 1. The summed E-state index contributed by atoms with van der Waals surface area (Å²) >= 11 is 6.02. The van der Waals surface area contributed by atoms with Gasteiger partial charge in [0.05, 0.1) is 0 Å². The highest BCUT2D eigenvalue weighted by atomic mass is 35.5. The minimum Gasteiger partial charge on any atom is -0.382 e. The van der Waals surface area contributed by atoms with Crippen molar-refractivity contribution in [2.24, 2.45) is 5.73 Å². The molecule has 0 amide bonds. The molecule has 76 valence electrons. The van der Waals surface area contributed by atoms with E-state index in [-0.39, 0.29) is 0 Å². The normalized spacial score (nSPS) is 25.6. The van der Waals surface area contributed by atoms with Gasteiger partial charge in [0.1, 0.15) is 0 Å². The molecule has 0 heterocycles. The Balaban J connectivity index is 2.06. The maximum atomic E-state index is 6.02. The summed E-state index contributed by atoms with van der Waals surface area (Å²) in [5.41, 5.74) is 7.98. The number of hydrogen-bond donors (Lipinski definition) is 2. The van der Waals surface area contributed by atoms with Crippen LogP contribution in [-0.4, -0.2) is 12.1 Å². The summed E-state index contributed by atoms with van der Waals surface area (Å²) in [5, 5.41) is 4.27. The van der Waals surface area contributed by atoms with Gasteiger partial charge in [-0.3, -0.25) is 0 Å². The standard InChI is InChI=1S/C11H15ClN2/c1-7-10(12)3-2-4-11(7)14-9-5-8(13)6-9/h2-4,8-9,14H,5-6,13H2,1H3. The Bertz CT molecular complexity index is 332.